The highest BCUT2D eigenvalue weighted by Gasteiger charge is 2.46. The summed E-state index contributed by atoms with van der Waals surface area (Å²) in [5.74, 6) is -1.43. The van der Waals surface area contributed by atoms with E-state index >= 15 is 0 Å². The average molecular weight is 458 g/mol. The van der Waals surface area contributed by atoms with Crippen molar-refractivity contribution in [1.29, 1.82) is 0 Å². The van der Waals surface area contributed by atoms with Gasteiger partial charge in [0, 0.05) is 36.3 Å². The second kappa shape index (κ2) is 9.01. The Balaban J connectivity index is 1.31. The summed E-state index contributed by atoms with van der Waals surface area (Å²) in [4.78, 5) is 17.2. The Kier molecular flexibility index (Phi) is 6.08. The number of carbonyl (C=O) groups is 1. The number of piperidine rings is 1. The summed E-state index contributed by atoms with van der Waals surface area (Å²) >= 11 is 0. The molecule has 1 N–H and O–H groups in total. The Morgan fingerprint density at radius 2 is 1.64 bits per heavy atom. The van der Waals surface area contributed by atoms with Crippen LogP contribution in [-0.4, -0.2) is 36.6 Å². The molecule has 0 bridgehead atoms. The molecule has 4 nitrogen and oxygen atoms in total. The number of rotatable bonds is 3. The molecule has 33 heavy (non-hydrogen) atoms. The molecule has 2 aliphatic heterocycles. The minimum Gasteiger partial charge on any atom is -0.335 e. The Morgan fingerprint density at radius 3 is 2.33 bits per heavy atom. The predicted molar refractivity (Wildman–Crippen MR) is 122 cm³/mol. The minimum absolute atomic E-state index is 0.0932. The first-order chi connectivity index (χ1) is 15.9. The normalized spacial score (nSPS) is 20.8. The average Bonchev–Trinajstić information content (AvgIpc) is 3.09. The van der Waals surface area contributed by atoms with Crippen molar-refractivity contribution in [2.45, 2.75) is 62.9 Å². The van der Waals surface area contributed by atoms with E-state index in [0.717, 1.165) is 55.8 Å². The maximum absolute atomic E-state index is 14.2. The van der Waals surface area contributed by atoms with Gasteiger partial charge in [-0.15, -0.1) is 0 Å². The second-order valence-corrected chi connectivity index (χ2v) is 9.87. The summed E-state index contributed by atoms with van der Waals surface area (Å²) in [7, 11) is 0. The number of nitrogens with one attached hydrogen (secondary N) is 1. The molecule has 2 heterocycles. The first-order valence-corrected chi connectivity index (χ1v) is 12.0. The van der Waals surface area contributed by atoms with Gasteiger partial charge in [-0.2, -0.15) is 0 Å². The largest absolute Gasteiger partial charge is 0.335 e. The predicted octanol–water partition coefficient (Wildman–Crippen LogP) is 5.50. The Bertz CT molecular complexity index is 1010. The molecule has 0 radical (unpaired) electrons. The monoisotopic (exact) mass is 457 g/mol. The standard InChI is InChI=1S/C26H30F3N3O/c27-19-6-7-24-23(15-19)26(17-32(24)25(33)30-22-4-2-1-3-5-22)8-10-31(11-9-26)16-18-12-20(28)14-21(29)13-18/h6-7,12-15,22H,1-5,8-11,16-17H2,(H,30,33). The highest BCUT2D eigenvalue weighted by atomic mass is 19.1. The highest BCUT2D eigenvalue weighted by molar-refractivity contribution is 5.95. The molecule has 1 spiro atoms. The highest BCUT2D eigenvalue weighted by Crippen LogP contribution is 2.47. The lowest BCUT2D eigenvalue weighted by Gasteiger charge is -2.40. The van der Waals surface area contributed by atoms with E-state index in [1.165, 1.54) is 24.6 Å². The first kappa shape index (κ1) is 22.3. The second-order valence-electron chi connectivity index (χ2n) is 9.87. The van der Waals surface area contributed by atoms with E-state index in [1.54, 1.807) is 17.0 Å². The van der Waals surface area contributed by atoms with Crippen LogP contribution in [0.1, 0.15) is 56.1 Å². The first-order valence-electron chi connectivity index (χ1n) is 12.0. The van der Waals surface area contributed by atoms with Crippen molar-refractivity contribution in [2.24, 2.45) is 0 Å². The molecular formula is C26H30F3N3O. The zero-order chi connectivity index (χ0) is 23.0. The summed E-state index contributed by atoms with van der Waals surface area (Å²) in [5, 5.41) is 3.20. The molecule has 176 valence electrons. The number of nitrogens with zero attached hydrogens (tertiary/aromatic N) is 2. The van der Waals surface area contributed by atoms with Gasteiger partial charge in [0.15, 0.2) is 0 Å². The molecule has 0 unspecified atom stereocenters. The molecule has 2 aromatic carbocycles. The van der Waals surface area contributed by atoms with E-state index in [4.69, 9.17) is 0 Å². The summed E-state index contributed by atoms with van der Waals surface area (Å²) in [6.07, 6.45) is 7.04. The maximum Gasteiger partial charge on any atom is 0.322 e. The van der Waals surface area contributed by atoms with Crippen molar-refractivity contribution >= 4 is 11.7 Å². The molecule has 5 rings (SSSR count). The number of halogens is 3. The number of hydrogen-bond donors (Lipinski definition) is 1. The molecule has 1 saturated carbocycles. The molecule has 3 aliphatic rings. The molecule has 1 saturated heterocycles. The molecular weight excluding hydrogens is 427 g/mol. The maximum atomic E-state index is 14.2. The fourth-order valence-corrected chi connectivity index (χ4v) is 5.85. The van der Waals surface area contributed by atoms with Gasteiger partial charge in [0.25, 0.3) is 0 Å². The van der Waals surface area contributed by atoms with Crippen LogP contribution in [0.4, 0.5) is 23.7 Å². The SMILES string of the molecule is O=C(NC1CCCCC1)N1CC2(CCN(Cc3cc(F)cc(F)c3)CC2)c2cc(F)ccc21. The third-order valence-corrected chi connectivity index (χ3v) is 7.60. The van der Waals surface area contributed by atoms with E-state index in [9.17, 15) is 18.0 Å². The zero-order valence-electron chi connectivity index (χ0n) is 18.8. The van der Waals surface area contributed by atoms with Crippen LogP contribution >= 0.6 is 0 Å². The third kappa shape index (κ3) is 4.60. The van der Waals surface area contributed by atoms with Crippen LogP contribution in [0.25, 0.3) is 0 Å². The van der Waals surface area contributed by atoms with E-state index in [2.05, 4.69) is 10.2 Å². The Hall–Kier alpha value is -2.54. The fourth-order valence-electron chi connectivity index (χ4n) is 5.85. The van der Waals surface area contributed by atoms with Crippen LogP contribution in [0.15, 0.2) is 36.4 Å². The molecule has 2 fully saturated rings. The summed E-state index contributed by atoms with van der Waals surface area (Å²) in [6, 6.07) is 8.46. The topological polar surface area (TPSA) is 35.6 Å². The van der Waals surface area contributed by atoms with Crippen molar-refractivity contribution in [2.75, 3.05) is 24.5 Å². The number of benzene rings is 2. The van der Waals surface area contributed by atoms with Gasteiger partial charge in [0.05, 0.1) is 0 Å². The van der Waals surface area contributed by atoms with Gasteiger partial charge in [-0.1, -0.05) is 19.3 Å². The van der Waals surface area contributed by atoms with Crippen molar-refractivity contribution in [1.82, 2.24) is 10.2 Å². The smallest absolute Gasteiger partial charge is 0.322 e. The van der Waals surface area contributed by atoms with Gasteiger partial charge in [-0.25, -0.2) is 18.0 Å². The van der Waals surface area contributed by atoms with Gasteiger partial charge in [0.2, 0.25) is 0 Å². The Labute approximate surface area is 192 Å². The summed E-state index contributed by atoms with van der Waals surface area (Å²) < 4.78 is 41.4. The summed E-state index contributed by atoms with van der Waals surface area (Å²) in [5.41, 5.74) is 2.00. The lowest BCUT2D eigenvalue weighted by molar-refractivity contribution is 0.159. The lowest BCUT2D eigenvalue weighted by atomic mass is 9.74. The van der Waals surface area contributed by atoms with E-state index in [-0.39, 0.29) is 23.3 Å². The van der Waals surface area contributed by atoms with Gasteiger partial charge in [-0.3, -0.25) is 9.80 Å². The van der Waals surface area contributed by atoms with Gasteiger partial charge >= 0.3 is 6.03 Å². The van der Waals surface area contributed by atoms with Gasteiger partial charge < -0.3 is 5.32 Å². The van der Waals surface area contributed by atoms with Crippen LogP contribution in [0, 0.1) is 17.5 Å². The van der Waals surface area contributed by atoms with Crippen LogP contribution in [-0.2, 0) is 12.0 Å². The Morgan fingerprint density at radius 1 is 0.939 bits per heavy atom. The van der Waals surface area contributed by atoms with Crippen molar-refractivity contribution < 1.29 is 18.0 Å². The molecule has 7 heteroatoms. The van der Waals surface area contributed by atoms with Crippen molar-refractivity contribution in [3.05, 3.63) is 65.0 Å². The number of anilines is 1. The molecule has 2 amide bonds. The van der Waals surface area contributed by atoms with Crippen LogP contribution < -0.4 is 10.2 Å². The molecule has 2 aromatic rings. The number of fused-ring (bicyclic) bond motifs is 2. The number of urea groups is 1. The van der Waals surface area contributed by atoms with Gasteiger partial charge in [-0.05, 0) is 80.2 Å². The minimum atomic E-state index is -0.571. The summed E-state index contributed by atoms with van der Waals surface area (Å²) in [6.45, 7) is 2.43. The number of amides is 2. The van der Waals surface area contributed by atoms with Crippen molar-refractivity contribution in [3.8, 4) is 0 Å². The number of carbonyl (C=O) groups excluding carboxylic acids is 1. The molecule has 0 aromatic heterocycles. The fraction of sp³-hybridized carbons (Fsp3) is 0.500. The molecule has 0 atom stereocenters. The van der Waals surface area contributed by atoms with Crippen LogP contribution in [0.5, 0.6) is 0 Å². The zero-order valence-corrected chi connectivity index (χ0v) is 18.8. The number of likely N-dealkylation sites (tertiary alicyclic amines) is 1. The quantitative estimate of drug-likeness (QED) is 0.661. The van der Waals surface area contributed by atoms with E-state index in [0.29, 0.717) is 31.7 Å². The van der Waals surface area contributed by atoms with E-state index in [1.807, 2.05) is 0 Å². The van der Waals surface area contributed by atoms with Crippen molar-refractivity contribution in [3.63, 3.8) is 0 Å². The van der Waals surface area contributed by atoms with Crippen LogP contribution in [0.3, 0.4) is 0 Å². The lowest BCUT2D eigenvalue weighted by Crippen LogP contribution is -2.49. The van der Waals surface area contributed by atoms with Gasteiger partial charge in [0.1, 0.15) is 17.5 Å². The van der Waals surface area contributed by atoms with E-state index < -0.39 is 11.6 Å². The van der Waals surface area contributed by atoms with Crippen LogP contribution in [0.2, 0.25) is 0 Å². The third-order valence-electron chi connectivity index (χ3n) is 7.60. The molecule has 1 aliphatic carbocycles. The number of hydrogen-bond acceptors (Lipinski definition) is 2.